The number of thioether (sulfide) groups is 1. The number of carbonyl (C=O) groups excluding carboxylic acids is 1. The van der Waals surface area contributed by atoms with Crippen LogP contribution >= 0.6 is 11.8 Å². The Morgan fingerprint density at radius 1 is 1.36 bits per heavy atom. The maximum Gasteiger partial charge on any atom is 0.262 e. The van der Waals surface area contributed by atoms with Gasteiger partial charge >= 0.3 is 0 Å². The Kier molecular flexibility index (Phi) is 5.57. The number of aromatic nitrogens is 2. The smallest absolute Gasteiger partial charge is 0.262 e. The first kappa shape index (κ1) is 16.5. The van der Waals surface area contributed by atoms with Gasteiger partial charge in [0.2, 0.25) is 5.91 Å². The molecule has 0 spiro atoms. The largest absolute Gasteiger partial charge is 0.396 e. The van der Waals surface area contributed by atoms with E-state index < -0.39 is 0 Å². The molecule has 0 fully saturated rings. The molecule has 0 radical (unpaired) electrons. The van der Waals surface area contributed by atoms with Gasteiger partial charge in [0.25, 0.3) is 5.56 Å². The summed E-state index contributed by atoms with van der Waals surface area (Å²) in [6, 6.07) is 7.14. The number of aliphatic hydroxyl groups is 1. The van der Waals surface area contributed by atoms with Gasteiger partial charge in [-0.3, -0.25) is 14.2 Å². The van der Waals surface area contributed by atoms with Crippen LogP contribution in [0.3, 0.4) is 0 Å². The molecule has 0 atom stereocenters. The fourth-order valence-corrected chi connectivity index (χ4v) is 2.94. The van der Waals surface area contributed by atoms with Crippen molar-refractivity contribution in [3.63, 3.8) is 0 Å². The van der Waals surface area contributed by atoms with Gasteiger partial charge in [0, 0.05) is 27.2 Å². The van der Waals surface area contributed by atoms with E-state index in [2.05, 4.69) is 4.98 Å². The zero-order valence-electron chi connectivity index (χ0n) is 12.7. The van der Waals surface area contributed by atoms with Gasteiger partial charge in [-0.1, -0.05) is 23.9 Å². The predicted molar refractivity (Wildman–Crippen MR) is 87.1 cm³/mol. The maximum absolute atomic E-state index is 12.6. The second kappa shape index (κ2) is 7.42. The lowest BCUT2D eigenvalue weighted by Crippen LogP contribution is -2.26. The monoisotopic (exact) mass is 321 g/mol. The highest BCUT2D eigenvalue weighted by molar-refractivity contribution is 7.99. The molecule has 1 heterocycles. The zero-order valence-corrected chi connectivity index (χ0v) is 13.5. The fourth-order valence-electron chi connectivity index (χ4n) is 1.94. The molecule has 0 saturated carbocycles. The van der Waals surface area contributed by atoms with Crippen molar-refractivity contribution in [3.05, 3.63) is 34.6 Å². The lowest BCUT2D eigenvalue weighted by atomic mass is 10.2. The van der Waals surface area contributed by atoms with E-state index >= 15 is 0 Å². The molecule has 2 aromatic rings. The molecule has 0 saturated heterocycles. The van der Waals surface area contributed by atoms with Crippen molar-refractivity contribution in [2.75, 3.05) is 26.5 Å². The molecule has 0 aliphatic rings. The second-order valence-corrected chi connectivity index (χ2v) is 5.96. The molecule has 2 rings (SSSR count). The number of hydrogen-bond acceptors (Lipinski definition) is 5. The highest BCUT2D eigenvalue weighted by Crippen LogP contribution is 2.18. The van der Waals surface area contributed by atoms with Gasteiger partial charge < -0.3 is 10.0 Å². The van der Waals surface area contributed by atoms with Crippen molar-refractivity contribution in [1.29, 1.82) is 0 Å². The molecule has 1 aromatic carbocycles. The minimum absolute atomic E-state index is 0.00000181. The SMILES string of the molecule is CN(C)C(=O)CSc1nc2ccccc2c(=O)n1CCCO. The summed E-state index contributed by atoms with van der Waals surface area (Å²) in [5.74, 6) is 0.179. The first-order valence-electron chi connectivity index (χ1n) is 6.98. The third-order valence-corrected chi connectivity index (χ3v) is 4.15. The van der Waals surface area contributed by atoms with E-state index in [1.54, 1.807) is 32.3 Å². The Morgan fingerprint density at radius 2 is 2.09 bits per heavy atom. The van der Waals surface area contributed by atoms with Crippen molar-refractivity contribution >= 4 is 28.6 Å². The standard InChI is InChI=1S/C15H19N3O3S/c1-17(2)13(20)10-22-15-16-12-7-4-3-6-11(12)14(21)18(15)8-5-9-19/h3-4,6-7,19H,5,8-10H2,1-2H3. The predicted octanol–water partition coefficient (Wildman–Crippen LogP) is 0.959. The highest BCUT2D eigenvalue weighted by atomic mass is 32.2. The van der Waals surface area contributed by atoms with Crippen LogP contribution in [-0.2, 0) is 11.3 Å². The van der Waals surface area contributed by atoms with Crippen LogP contribution in [0.15, 0.2) is 34.2 Å². The minimum Gasteiger partial charge on any atom is -0.396 e. The summed E-state index contributed by atoms with van der Waals surface area (Å²) in [5.41, 5.74) is 0.478. The normalized spacial score (nSPS) is 10.9. The molecule has 0 aliphatic heterocycles. The van der Waals surface area contributed by atoms with E-state index in [0.717, 1.165) is 0 Å². The fraction of sp³-hybridized carbons (Fsp3) is 0.400. The molecule has 0 aliphatic carbocycles. The number of benzene rings is 1. The Labute approximate surface area is 132 Å². The summed E-state index contributed by atoms with van der Waals surface area (Å²) in [4.78, 5) is 30.3. The van der Waals surface area contributed by atoms with E-state index in [9.17, 15) is 9.59 Å². The number of carbonyl (C=O) groups is 1. The molecule has 0 bridgehead atoms. The van der Waals surface area contributed by atoms with Crippen molar-refractivity contribution < 1.29 is 9.90 Å². The third-order valence-electron chi connectivity index (χ3n) is 3.19. The Hall–Kier alpha value is -1.86. The van der Waals surface area contributed by atoms with Gasteiger partial charge in [0.15, 0.2) is 5.16 Å². The number of rotatable bonds is 6. The van der Waals surface area contributed by atoms with Crippen molar-refractivity contribution in [1.82, 2.24) is 14.5 Å². The summed E-state index contributed by atoms with van der Waals surface area (Å²) in [5, 5.41) is 10.1. The quantitative estimate of drug-likeness (QED) is 0.633. The third kappa shape index (κ3) is 3.66. The Balaban J connectivity index is 2.41. The van der Waals surface area contributed by atoms with Crippen molar-refractivity contribution in [3.8, 4) is 0 Å². The average Bonchev–Trinajstić information content (AvgIpc) is 2.51. The van der Waals surface area contributed by atoms with Crippen LogP contribution in [0.2, 0.25) is 0 Å². The molecule has 0 unspecified atom stereocenters. The molecular formula is C15H19N3O3S. The van der Waals surface area contributed by atoms with Gasteiger partial charge in [0.05, 0.1) is 16.7 Å². The molecule has 1 N–H and O–H groups in total. The molecule has 22 heavy (non-hydrogen) atoms. The lowest BCUT2D eigenvalue weighted by Gasteiger charge is -2.14. The molecule has 118 valence electrons. The van der Waals surface area contributed by atoms with Crippen LogP contribution in [-0.4, -0.2) is 51.9 Å². The Bertz CT molecular complexity index is 728. The van der Waals surface area contributed by atoms with Crippen LogP contribution in [0, 0.1) is 0 Å². The zero-order chi connectivity index (χ0) is 16.1. The van der Waals surface area contributed by atoms with Crippen LogP contribution in [0.1, 0.15) is 6.42 Å². The van der Waals surface area contributed by atoms with Crippen molar-refractivity contribution in [2.45, 2.75) is 18.1 Å². The van der Waals surface area contributed by atoms with Gasteiger partial charge in [-0.05, 0) is 18.6 Å². The van der Waals surface area contributed by atoms with E-state index in [4.69, 9.17) is 5.11 Å². The number of amides is 1. The average molecular weight is 321 g/mol. The van der Waals surface area contributed by atoms with Crippen molar-refractivity contribution in [2.24, 2.45) is 0 Å². The van der Waals surface area contributed by atoms with Crippen LogP contribution in [0.25, 0.3) is 10.9 Å². The first-order valence-corrected chi connectivity index (χ1v) is 7.96. The van der Waals surface area contributed by atoms with Gasteiger partial charge in [-0.15, -0.1) is 0 Å². The van der Waals surface area contributed by atoms with E-state index in [1.165, 1.54) is 21.2 Å². The maximum atomic E-state index is 12.6. The summed E-state index contributed by atoms with van der Waals surface area (Å²) < 4.78 is 1.53. The number of aliphatic hydroxyl groups excluding tert-OH is 1. The lowest BCUT2D eigenvalue weighted by molar-refractivity contribution is -0.125. The van der Waals surface area contributed by atoms with Gasteiger partial charge in [0.1, 0.15) is 0 Å². The number of hydrogen-bond donors (Lipinski definition) is 1. The summed E-state index contributed by atoms with van der Waals surface area (Å²) in [7, 11) is 3.38. The molecule has 1 aromatic heterocycles. The first-order chi connectivity index (χ1) is 10.5. The molecule has 7 heteroatoms. The Morgan fingerprint density at radius 3 is 2.77 bits per heavy atom. The summed E-state index contributed by atoms with van der Waals surface area (Å²) in [6.45, 7) is 0.381. The molecule has 1 amide bonds. The van der Waals surface area contributed by atoms with E-state index in [1.807, 2.05) is 6.07 Å². The molecular weight excluding hydrogens is 302 g/mol. The van der Waals surface area contributed by atoms with Crippen LogP contribution < -0.4 is 5.56 Å². The minimum atomic E-state index is -0.140. The summed E-state index contributed by atoms with van der Waals surface area (Å²) >= 11 is 1.24. The number of nitrogens with zero attached hydrogens (tertiary/aromatic N) is 3. The van der Waals surface area contributed by atoms with E-state index in [-0.39, 0.29) is 23.8 Å². The van der Waals surface area contributed by atoms with Gasteiger partial charge in [-0.2, -0.15) is 0 Å². The van der Waals surface area contributed by atoms with Gasteiger partial charge in [-0.25, -0.2) is 4.98 Å². The van der Waals surface area contributed by atoms with Crippen LogP contribution in [0.5, 0.6) is 0 Å². The summed E-state index contributed by atoms with van der Waals surface area (Å²) in [6.07, 6.45) is 0.467. The topological polar surface area (TPSA) is 75.4 Å². The second-order valence-electron chi connectivity index (χ2n) is 5.02. The highest BCUT2D eigenvalue weighted by Gasteiger charge is 2.13. The molecule has 6 nitrogen and oxygen atoms in total. The van der Waals surface area contributed by atoms with E-state index in [0.29, 0.717) is 29.0 Å². The number of fused-ring (bicyclic) bond motifs is 1. The number of para-hydroxylation sites is 1. The van der Waals surface area contributed by atoms with Crippen LogP contribution in [0.4, 0.5) is 0 Å².